The standard InChI is InChI=1S/C8H15NO2/c1-4-7(6(2)9)5-8(10)11-3/h7,9H,4-5H2,1-3H3. The third-order valence-electron chi connectivity index (χ3n) is 1.75. The van der Waals surface area contributed by atoms with Gasteiger partial charge in [0, 0.05) is 11.6 Å². The lowest BCUT2D eigenvalue weighted by atomic mass is 9.98. The van der Waals surface area contributed by atoms with Gasteiger partial charge in [0.25, 0.3) is 0 Å². The number of rotatable bonds is 4. The minimum atomic E-state index is -0.233. The van der Waals surface area contributed by atoms with Crippen LogP contribution in [-0.2, 0) is 9.53 Å². The minimum absolute atomic E-state index is 0.0578. The molecule has 0 spiro atoms. The highest BCUT2D eigenvalue weighted by atomic mass is 16.5. The van der Waals surface area contributed by atoms with E-state index in [2.05, 4.69) is 4.74 Å². The van der Waals surface area contributed by atoms with Crippen LogP contribution in [0.25, 0.3) is 0 Å². The molecule has 3 heteroatoms. The van der Waals surface area contributed by atoms with E-state index in [1.165, 1.54) is 7.11 Å². The summed E-state index contributed by atoms with van der Waals surface area (Å²) in [4.78, 5) is 10.8. The van der Waals surface area contributed by atoms with Crippen molar-refractivity contribution in [3.8, 4) is 0 Å². The summed E-state index contributed by atoms with van der Waals surface area (Å²) in [5.41, 5.74) is 0.554. The van der Waals surface area contributed by atoms with E-state index in [1.54, 1.807) is 6.92 Å². The van der Waals surface area contributed by atoms with Gasteiger partial charge in [-0.2, -0.15) is 0 Å². The summed E-state index contributed by atoms with van der Waals surface area (Å²) >= 11 is 0. The Morgan fingerprint density at radius 1 is 1.64 bits per heavy atom. The molecule has 0 heterocycles. The molecule has 1 unspecified atom stereocenters. The Kier molecular flexibility index (Phi) is 4.50. The SMILES string of the molecule is CCC(CC(=O)OC)C(C)=N. The van der Waals surface area contributed by atoms with Crippen LogP contribution >= 0.6 is 0 Å². The van der Waals surface area contributed by atoms with Gasteiger partial charge >= 0.3 is 5.97 Å². The summed E-state index contributed by atoms with van der Waals surface area (Å²) in [5.74, 6) is -0.175. The molecule has 0 aromatic heterocycles. The number of ether oxygens (including phenoxy) is 1. The predicted octanol–water partition coefficient (Wildman–Crippen LogP) is 1.62. The van der Waals surface area contributed by atoms with E-state index in [9.17, 15) is 4.79 Å². The molecule has 3 nitrogen and oxygen atoms in total. The smallest absolute Gasteiger partial charge is 0.306 e. The molecule has 0 aromatic rings. The number of nitrogens with one attached hydrogen (secondary N) is 1. The quantitative estimate of drug-likeness (QED) is 0.498. The molecule has 0 saturated heterocycles. The zero-order chi connectivity index (χ0) is 8.85. The molecule has 0 aliphatic carbocycles. The van der Waals surface area contributed by atoms with Gasteiger partial charge in [0.05, 0.1) is 13.5 Å². The van der Waals surface area contributed by atoms with Crippen molar-refractivity contribution in [3.05, 3.63) is 0 Å². The second kappa shape index (κ2) is 4.88. The Morgan fingerprint density at radius 2 is 2.18 bits per heavy atom. The van der Waals surface area contributed by atoms with Gasteiger partial charge in [0.1, 0.15) is 0 Å². The minimum Gasteiger partial charge on any atom is -0.469 e. The van der Waals surface area contributed by atoms with Crippen LogP contribution in [0.5, 0.6) is 0 Å². The van der Waals surface area contributed by atoms with Crippen LogP contribution in [0.15, 0.2) is 0 Å². The summed E-state index contributed by atoms with van der Waals surface area (Å²) in [6, 6.07) is 0. The van der Waals surface area contributed by atoms with Gasteiger partial charge in [0.2, 0.25) is 0 Å². The van der Waals surface area contributed by atoms with Gasteiger partial charge in [-0.05, 0) is 13.3 Å². The molecule has 0 aliphatic rings. The maximum absolute atomic E-state index is 10.8. The highest BCUT2D eigenvalue weighted by Crippen LogP contribution is 2.09. The Bertz CT molecular complexity index is 154. The van der Waals surface area contributed by atoms with Crippen LogP contribution in [0, 0.1) is 11.3 Å². The summed E-state index contributed by atoms with van der Waals surface area (Å²) in [6.45, 7) is 3.68. The Balaban J connectivity index is 3.88. The fourth-order valence-electron chi connectivity index (χ4n) is 0.888. The van der Waals surface area contributed by atoms with Crippen LogP contribution in [0.1, 0.15) is 26.7 Å². The Morgan fingerprint density at radius 3 is 2.45 bits per heavy atom. The van der Waals surface area contributed by atoms with E-state index in [0.29, 0.717) is 12.1 Å². The van der Waals surface area contributed by atoms with E-state index in [-0.39, 0.29) is 11.9 Å². The fraction of sp³-hybridized carbons (Fsp3) is 0.750. The van der Waals surface area contributed by atoms with Crippen LogP contribution in [-0.4, -0.2) is 18.8 Å². The van der Waals surface area contributed by atoms with E-state index < -0.39 is 0 Å². The highest BCUT2D eigenvalue weighted by molar-refractivity contribution is 5.85. The lowest BCUT2D eigenvalue weighted by molar-refractivity contribution is -0.141. The van der Waals surface area contributed by atoms with Crippen molar-refractivity contribution in [2.75, 3.05) is 7.11 Å². The van der Waals surface area contributed by atoms with Gasteiger partial charge in [-0.25, -0.2) is 0 Å². The monoisotopic (exact) mass is 157 g/mol. The van der Waals surface area contributed by atoms with Crippen molar-refractivity contribution < 1.29 is 9.53 Å². The first-order chi connectivity index (χ1) is 5.11. The molecule has 11 heavy (non-hydrogen) atoms. The average Bonchev–Trinajstić information content (AvgIpc) is 1.99. The average molecular weight is 157 g/mol. The molecule has 1 N–H and O–H groups in total. The zero-order valence-electron chi connectivity index (χ0n) is 7.31. The number of methoxy groups -OCH3 is 1. The van der Waals surface area contributed by atoms with Crippen molar-refractivity contribution in [1.82, 2.24) is 0 Å². The summed E-state index contributed by atoms with van der Waals surface area (Å²) in [5, 5.41) is 7.31. The van der Waals surface area contributed by atoms with Crippen molar-refractivity contribution in [1.29, 1.82) is 5.41 Å². The topological polar surface area (TPSA) is 50.2 Å². The highest BCUT2D eigenvalue weighted by Gasteiger charge is 2.13. The number of carbonyl (C=O) groups excluding carboxylic acids is 1. The summed E-state index contributed by atoms with van der Waals surface area (Å²) in [6.07, 6.45) is 1.16. The Hall–Kier alpha value is -0.860. The molecule has 0 amide bonds. The third-order valence-corrected chi connectivity index (χ3v) is 1.75. The van der Waals surface area contributed by atoms with Gasteiger partial charge in [-0.1, -0.05) is 6.92 Å². The van der Waals surface area contributed by atoms with Gasteiger partial charge in [-0.3, -0.25) is 4.79 Å². The van der Waals surface area contributed by atoms with Crippen LogP contribution in [0.2, 0.25) is 0 Å². The predicted molar refractivity (Wildman–Crippen MR) is 43.8 cm³/mol. The number of hydrogen-bond acceptors (Lipinski definition) is 3. The second-order valence-electron chi connectivity index (χ2n) is 2.57. The fourth-order valence-corrected chi connectivity index (χ4v) is 0.888. The normalized spacial score (nSPS) is 12.3. The molecule has 0 bridgehead atoms. The van der Waals surface area contributed by atoms with Crippen molar-refractivity contribution in [3.63, 3.8) is 0 Å². The molecule has 0 rings (SSSR count). The van der Waals surface area contributed by atoms with Crippen LogP contribution < -0.4 is 0 Å². The molecular weight excluding hydrogens is 142 g/mol. The molecule has 0 aromatic carbocycles. The van der Waals surface area contributed by atoms with E-state index in [4.69, 9.17) is 5.41 Å². The zero-order valence-corrected chi connectivity index (χ0v) is 7.31. The van der Waals surface area contributed by atoms with Crippen molar-refractivity contribution >= 4 is 11.7 Å². The van der Waals surface area contributed by atoms with E-state index in [0.717, 1.165) is 6.42 Å². The third kappa shape index (κ3) is 3.75. The molecule has 0 radical (unpaired) electrons. The van der Waals surface area contributed by atoms with Gasteiger partial charge in [-0.15, -0.1) is 0 Å². The summed E-state index contributed by atoms with van der Waals surface area (Å²) < 4.78 is 4.50. The van der Waals surface area contributed by atoms with Crippen LogP contribution in [0.4, 0.5) is 0 Å². The van der Waals surface area contributed by atoms with Crippen LogP contribution in [0.3, 0.4) is 0 Å². The molecular formula is C8H15NO2. The van der Waals surface area contributed by atoms with Gasteiger partial charge in [0.15, 0.2) is 0 Å². The largest absolute Gasteiger partial charge is 0.469 e. The van der Waals surface area contributed by atoms with E-state index in [1.807, 2.05) is 6.92 Å². The van der Waals surface area contributed by atoms with Crippen molar-refractivity contribution in [2.24, 2.45) is 5.92 Å². The molecule has 1 atom stereocenters. The second-order valence-corrected chi connectivity index (χ2v) is 2.57. The first-order valence-electron chi connectivity index (χ1n) is 3.73. The van der Waals surface area contributed by atoms with Gasteiger partial charge < -0.3 is 10.1 Å². The molecule has 0 saturated carbocycles. The van der Waals surface area contributed by atoms with E-state index >= 15 is 0 Å². The van der Waals surface area contributed by atoms with Crippen molar-refractivity contribution in [2.45, 2.75) is 26.7 Å². The molecule has 0 fully saturated rings. The Labute approximate surface area is 67.3 Å². The number of carbonyl (C=O) groups is 1. The lowest BCUT2D eigenvalue weighted by Crippen LogP contribution is -2.15. The maximum atomic E-state index is 10.8. The summed E-state index contributed by atoms with van der Waals surface area (Å²) in [7, 11) is 1.37. The first-order valence-corrected chi connectivity index (χ1v) is 3.73. The maximum Gasteiger partial charge on any atom is 0.306 e. The molecule has 0 aliphatic heterocycles. The number of hydrogen-bond donors (Lipinski definition) is 1. The number of esters is 1. The molecule has 64 valence electrons. The lowest BCUT2D eigenvalue weighted by Gasteiger charge is -2.10. The first kappa shape index (κ1) is 10.1.